The van der Waals surface area contributed by atoms with Gasteiger partial charge in [0.1, 0.15) is 17.6 Å². The van der Waals surface area contributed by atoms with Crippen molar-refractivity contribution < 1.29 is 40.2 Å². The molecule has 3 N–H and O–H groups in total. The third-order valence-corrected chi connectivity index (χ3v) is 6.36. The summed E-state index contributed by atoms with van der Waals surface area (Å²) in [5.41, 5.74) is -4.59. The van der Waals surface area contributed by atoms with Crippen LogP contribution >= 0.6 is 0 Å². The molecular weight excluding hydrogens is 596 g/mol. The molecule has 0 fully saturated rings. The van der Waals surface area contributed by atoms with Crippen molar-refractivity contribution in [3.63, 3.8) is 0 Å². The van der Waals surface area contributed by atoms with Crippen LogP contribution in [-0.2, 0) is 19.1 Å². The van der Waals surface area contributed by atoms with E-state index in [9.17, 15) is 49.8 Å². The number of alkyl halides is 7. The van der Waals surface area contributed by atoms with Gasteiger partial charge in [-0.05, 0) is 36.1 Å². The van der Waals surface area contributed by atoms with Crippen LogP contribution in [0.4, 0.5) is 40.8 Å². The molecule has 0 spiro atoms. The van der Waals surface area contributed by atoms with Crippen LogP contribution in [0.1, 0.15) is 24.5 Å². The van der Waals surface area contributed by atoms with Gasteiger partial charge in [-0.25, -0.2) is 23.8 Å². The standard InChI is InChI=1S/C26H22F8N6O3/c1-12(38-19-10-37-39-23(42)21(19)26(32,33)34)4-15(27)11-40-3-2-14-6-17(18(28)7-16(14)24(40)43)22-35-8-13(9-36-22)5-20(41)25(29,30)31/h2-3,6-10,12,15,20,41H,4-5,11H2,1H3,(H2,38,39,42)/t12-,15+,20+/m1/s1. The highest BCUT2D eigenvalue weighted by Gasteiger charge is 2.38. The maximum absolute atomic E-state index is 15.0. The SMILES string of the molecule is C[C@H](C[C@H](F)Cn1ccc2cc(-c3ncc(C[C@H](O)C(F)(F)F)cn3)c(F)cc2c1=O)Nc1cn[nH]c(=O)c1C(F)(F)F. The number of anilines is 1. The molecule has 3 atom stereocenters. The number of benzene rings is 1. The van der Waals surface area contributed by atoms with E-state index >= 15 is 0 Å². The number of nitrogens with zero attached hydrogens (tertiary/aromatic N) is 4. The zero-order chi connectivity index (χ0) is 31.7. The summed E-state index contributed by atoms with van der Waals surface area (Å²) in [7, 11) is 0. The molecule has 0 saturated carbocycles. The molecule has 0 aliphatic heterocycles. The van der Waals surface area contributed by atoms with Gasteiger partial charge in [-0.2, -0.15) is 31.4 Å². The summed E-state index contributed by atoms with van der Waals surface area (Å²) < 4.78 is 108. The minimum Gasteiger partial charge on any atom is -0.383 e. The second-order valence-corrected chi connectivity index (χ2v) is 9.73. The van der Waals surface area contributed by atoms with Crippen molar-refractivity contribution in [2.75, 3.05) is 5.32 Å². The molecule has 4 rings (SSSR count). The number of rotatable bonds is 9. The number of fused-ring (bicyclic) bond motifs is 1. The minimum absolute atomic E-state index is 0.0437. The van der Waals surface area contributed by atoms with E-state index in [1.54, 1.807) is 5.10 Å². The van der Waals surface area contributed by atoms with Crippen molar-refractivity contribution in [3.05, 3.63) is 80.6 Å². The van der Waals surface area contributed by atoms with Gasteiger partial charge in [0.05, 0.1) is 29.4 Å². The Bertz CT molecular complexity index is 1720. The molecule has 9 nitrogen and oxygen atoms in total. The number of aliphatic hydroxyl groups excluding tert-OH is 1. The number of pyridine rings is 1. The van der Waals surface area contributed by atoms with Crippen molar-refractivity contribution in [2.24, 2.45) is 0 Å². The fraction of sp³-hybridized carbons (Fsp3) is 0.346. The van der Waals surface area contributed by atoms with Crippen molar-refractivity contribution in [2.45, 2.75) is 57.0 Å². The number of aliphatic hydroxyl groups is 1. The topological polar surface area (TPSA) is 126 Å². The number of aromatic nitrogens is 5. The molecular formula is C26H22F8N6O3. The number of H-pyrrole nitrogens is 1. The Labute approximate surface area is 236 Å². The smallest absolute Gasteiger partial charge is 0.383 e. The summed E-state index contributed by atoms with van der Waals surface area (Å²) in [4.78, 5) is 32.3. The van der Waals surface area contributed by atoms with E-state index in [0.717, 1.165) is 29.2 Å². The Morgan fingerprint density at radius 3 is 2.37 bits per heavy atom. The molecule has 0 aliphatic rings. The number of halogens is 8. The summed E-state index contributed by atoms with van der Waals surface area (Å²) in [6.07, 6.45) is -11.4. The predicted molar refractivity (Wildman–Crippen MR) is 137 cm³/mol. The van der Waals surface area contributed by atoms with Gasteiger partial charge in [0.15, 0.2) is 11.9 Å². The summed E-state index contributed by atoms with van der Waals surface area (Å²) >= 11 is 0. The van der Waals surface area contributed by atoms with Gasteiger partial charge < -0.3 is 15.0 Å². The van der Waals surface area contributed by atoms with E-state index in [2.05, 4.69) is 20.4 Å². The lowest BCUT2D eigenvalue weighted by atomic mass is 10.1. The van der Waals surface area contributed by atoms with Gasteiger partial charge in [-0.1, -0.05) is 0 Å². The molecule has 1 aromatic carbocycles. The molecule has 43 heavy (non-hydrogen) atoms. The molecule has 4 aromatic rings. The second-order valence-electron chi connectivity index (χ2n) is 9.73. The zero-order valence-electron chi connectivity index (χ0n) is 22.0. The molecule has 0 saturated heterocycles. The molecule has 0 radical (unpaired) electrons. The lowest BCUT2D eigenvalue weighted by Crippen LogP contribution is -2.30. The zero-order valence-corrected chi connectivity index (χ0v) is 22.0. The van der Waals surface area contributed by atoms with Crippen LogP contribution in [0.2, 0.25) is 0 Å². The first-order valence-corrected chi connectivity index (χ1v) is 12.5. The predicted octanol–water partition coefficient (Wildman–Crippen LogP) is 4.39. The maximum Gasteiger partial charge on any atom is 0.423 e. The first-order valence-electron chi connectivity index (χ1n) is 12.5. The first kappa shape index (κ1) is 31.5. The number of hydrogen-bond acceptors (Lipinski definition) is 7. The summed E-state index contributed by atoms with van der Waals surface area (Å²) in [6.45, 7) is 0.860. The fourth-order valence-corrected chi connectivity index (χ4v) is 4.34. The number of nitrogens with one attached hydrogen (secondary N) is 2. The Morgan fingerprint density at radius 1 is 1.07 bits per heavy atom. The second kappa shape index (κ2) is 12.1. The van der Waals surface area contributed by atoms with E-state index < -0.39 is 71.8 Å². The highest BCUT2D eigenvalue weighted by atomic mass is 19.4. The van der Waals surface area contributed by atoms with Crippen molar-refractivity contribution in [1.82, 2.24) is 24.7 Å². The minimum atomic E-state index is -4.99. The molecule has 3 heterocycles. The average Bonchev–Trinajstić information content (AvgIpc) is 2.89. The van der Waals surface area contributed by atoms with E-state index in [-0.39, 0.29) is 34.1 Å². The molecule has 0 aliphatic carbocycles. The quantitative estimate of drug-likeness (QED) is 0.238. The summed E-state index contributed by atoms with van der Waals surface area (Å²) in [5.74, 6) is -1.13. The van der Waals surface area contributed by atoms with Crippen molar-refractivity contribution >= 4 is 16.5 Å². The van der Waals surface area contributed by atoms with Crippen LogP contribution in [0.5, 0.6) is 0 Å². The van der Waals surface area contributed by atoms with E-state index in [4.69, 9.17) is 0 Å². The highest BCUT2D eigenvalue weighted by Crippen LogP contribution is 2.32. The Kier molecular flexibility index (Phi) is 8.84. The van der Waals surface area contributed by atoms with Crippen LogP contribution in [0.15, 0.2) is 52.6 Å². The molecule has 230 valence electrons. The number of aromatic amines is 1. The van der Waals surface area contributed by atoms with Gasteiger partial charge in [0.2, 0.25) is 0 Å². The number of hydrogen-bond donors (Lipinski definition) is 3. The van der Waals surface area contributed by atoms with E-state index in [1.165, 1.54) is 25.3 Å². The largest absolute Gasteiger partial charge is 0.423 e. The molecule has 0 bridgehead atoms. The lowest BCUT2D eigenvalue weighted by molar-refractivity contribution is -0.203. The average molecular weight is 618 g/mol. The Hall–Kier alpha value is -4.41. The summed E-state index contributed by atoms with van der Waals surface area (Å²) in [5, 5.41) is 16.7. The highest BCUT2D eigenvalue weighted by molar-refractivity contribution is 5.86. The van der Waals surface area contributed by atoms with Gasteiger partial charge >= 0.3 is 12.4 Å². The Morgan fingerprint density at radius 2 is 1.74 bits per heavy atom. The van der Waals surface area contributed by atoms with Crippen LogP contribution < -0.4 is 16.4 Å². The van der Waals surface area contributed by atoms with Crippen molar-refractivity contribution in [1.29, 1.82) is 0 Å². The lowest BCUT2D eigenvalue weighted by Gasteiger charge is -2.20. The van der Waals surface area contributed by atoms with Crippen molar-refractivity contribution in [3.8, 4) is 11.4 Å². The Balaban J connectivity index is 1.48. The normalized spacial score (nSPS) is 14.5. The van der Waals surface area contributed by atoms with E-state index in [0.29, 0.717) is 0 Å². The molecule has 17 heteroatoms. The summed E-state index contributed by atoms with van der Waals surface area (Å²) in [6, 6.07) is 2.59. The third-order valence-electron chi connectivity index (χ3n) is 6.36. The first-order chi connectivity index (χ1) is 20.0. The molecule has 3 aromatic heterocycles. The maximum atomic E-state index is 15.0. The van der Waals surface area contributed by atoms with Crippen LogP contribution in [0.25, 0.3) is 22.2 Å². The van der Waals surface area contributed by atoms with Gasteiger partial charge in [0, 0.05) is 37.5 Å². The third kappa shape index (κ3) is 7.33. The molecule has 0 unspecified atom stereocenters. The molecule has 0 amide bonds. The van der Waals surface area contributed by atoms with Gasteiger partial charge in [-0.3, -0.25) is 9.59 Å². The monoisotopic (exact) mass is 618 g/mol. The van der Waals surface area contributed by atoms with Crippen LogP contribution in [-0.4, -0.2) is 54.3 Å². The van der Waals surface area contributed by atoms with Crippen LogP contribution in [0.3, 0.4) is 0 Å². The van der Waals surface area contributed by atoms with Gasteiger partial charge in [-0.15, -0.1) is 0 Å². The van der Waals surface area contributed by atoms with Gasteiger partial charge in [0.25, 0.3) is 11.1 Å². The fourth-order valence-electron chi connectivity index (χ4n) is 4.34. The van der Waals surface area contributed by atoms with E-state index in [1.807, 2.05) is 0 Å². The van der Waals surface area contributed by atoms with Crippen LogP contribution in [0, 0.1) is 5.82 Å².